The standard InChI is InChI=1S/C13H18O2/c1-5-10-7-6-8-11(9-10)12(14)13(2,3)15-4/h6-9H,5H2,1-4H3. The predicted molar refractivity (Wildman–Crippen MR) is 61.2 cm³/mol. The largest absolute Gasteiger partial charge is 0.371 e. The molecule has 0 saturated carbocycles. The van der Waals surface area contributed by atoms with Gasteiger partial charge >= 0.3 is 0 Å². The lowest BCUT2D eigenvalue weighted by Crippen LogP contribution is -2.33. The number of rotatable bonds is 4. The number of carbonyl (C=O) groups is 1. The van der Waals surface area contributed by atoms with Gasteiger partial charge in [0.15, 0.2) is 5.78 Å². The highest BCUT2D eigenvalue weighted by molar-refractivity contribution is 6.02. The summed E-state index contributed by atoms with van der Waals surface area (Å²) in [7, 11) is 1.56. The lowest BCUT2D eigenvalue weighted by Gasteiger charge is -2.21. The highest BCUT2D eigenvalue weighted by Gasteiger charge is 2.27. The Hall–Kier alpha value is -1.15. The lowest BCUT2D eigenvalue weighted by molar-refractivity contribution is 0.0228. The molecule has 0 saturated heterocycles. The van der Waals surface area contributed by atoms with Crippen LogP contribution in [0.2, 0.25) is 0 Å². The van der Waals surface area contributed by atoms with E-state index in [1.165, 1.54) is 5.56 Å². The second-order valence-corrected chi connectivity index (χ2v) is 4.10. The molecule has 1 aromatic carbocycles. The summed E-state index contributed by atoms with van der Waals surface area (Å²) in [6.07, 6.45) is 0.939. The first kappa shape index (κ1) is 11.9. The molecule has 82 valence electrons. The maximum atomic E-state index is 12.0. The Balaban J connectivity index is 3.01. The van der Waals surface area contributed by atoms with E-state index in [2.05, 4.69) is 6.92 Å². The number of benzene rings is 1. The average molecular weight is 206 g/mol. The molecule has 0 amide bonds. The molecular formula is C13H18O2. The maximum Gasteiger partial charge on any atom is 0.194 e. The van der Waals surface area contributed by atoms with E-state index >= 15 is 0 Å². The Morgan fingerprint density at radius 2 is 2.07 bits per heavy atom. The highest BCUT2D eigenvalue weighted by Crippen LogP contribution is 2.17. The van der Waals surface area contributed by atoms with Gasteiger partial charge in [-0.15, -0.1) is 0 Å². The molecule has 0 radical (unpaired) electrons. The Labute approximate surface area is 91.3 Å². The van der Waals surface area contributed by atoms with Gasteiger partial charge in [0.25, 0.3) is 0 Å². The number of ketones is 1. The number of aryl methyl sites for hydroxylation is 1. The monoisotopic (exact) mass is 206 g/mol. The molecule has 0 spiro atoms. The summed E-state index contributed by atoms with van der Waals surface area (Å²) < 4.78 is 5.18. The Morgan fingerprint density at radius 3 is 2.60 bits per heavy atom. The normalized spacial score (nSPS) is 11.5. The summed E-state index contributed by atoms with van der Waals surface area (Å²) in [6.45, 7) is 5.65. The number of hydrogen-bond donors (Lipinski definition) is 0. The Kier molecular flexibility index (Phi) is 3.64. The quantitative estimate of drug-likeness (QED) is 0.708. The molecule has 0 aromatic heterocycles. The van der Waals surface area contributed by atoms with Gasteiger partial charge in [-0.25, -0.2) is 0 Å². The molecule has 0 aliphatic rings. The van der Waals surface area contributed by atoms with Crippen molar-refractivity contribution in [2.75, 3.05) is 7.11 Å². The van der Waals surface area contributed by atoms with Crippen LogP contribution >= 0.6 is 0 Å². The average Bonchev–Trinajstić information content (AvgIpc) is 2.28. The number of methoxy groups -OCH3 is 1. The summed E-state index contributed by atoms with van der Waals surface area (Å²) in [5, 5.41) is 0. The van der Waals surface area contributed by atoms with Gasteiger partial charge in [0.1, 0.15) is 5.60 Å². The van der Waals surface area contributed by atoms with Gasteiger partial charge < -0.3 is 4.74 Å². The van der Waals surface area contributed by atoms with Crippen molar-refractivity contribution in [3.05, 3.63) is 35.4 Å². The number of hydrogen-bond acceptors (Lipinski definition) is 2. The second-order valence-electron chi connectivity index (χ2n) is 4.10. The van der Waals surface area contributed by atoms with Gasteiger partial charge in [0.2, 0.25) is 0 Å². The van der Waals surface area contributed by atoms with Gasteiger partial charge in [0, 0.05) is 12.7 Å². The Morgan fingerprint density at radius 1 is 1.40 bits per heavy atom. The van der Waals surface area contributed by atoms with Gasteiger partial charge in [-0.1, -0.05) is 25.1 Å². The van der Waals surface area contributed by atoms with Crippen molar-refractivity contribution in [2.45, 2.75) is 32.8 Å². The first-order valence-corrected chi connectivity index (χ1v) is 5.20. The van der Waals surface area contributed by atoms with Crippen molar-refractivity contribution in [3.8, 4) is 0 Å². The zero-order valence-electron chi connectivity index (χ0n) is 9.83. The summed E-state index contributed by atoms with van der Waals surface area (Å²) >= 11 is 0. The van der Waals surface area contributed by atoms with E-state index in [0.29, 0.717) is 0 Å². The third-order valence-corrected chi connectivity index (χ3v) is 2.65. The first-order valence-electron chi connectivity index (χ1n) is 5.20. The van der Waals surface area contributed by atoms with E-state index in [9.17, 15) is 4.79 Å². The fourth-order valence-electron chi connectivity index (χ4n) is 1.37. The Bertz CT molecular complexity index is 353. The molecule has 1 rings (SSSR count). The van der Waals surface area contributed by atoms with E-state index in [-0.39, 0.29) is 5.78 Å². The topological polar surface area (TPSA) is 26.3 Å². The summed E-state index contributed by atoms with van der Waals surface area (Å²) in [6, 6.07) is 7.71. The summed E-state index contributed by atoms with van der Waals surface area (Å²) in [4.78, 5) is 12.0. The van der Waals surface area contributed by atoms with Crippen LogP contribution in [-0.4, -0.2) is 18.5 Å². The zero-order valence-corrected chi connectivity index (χ0v) is 9.83. The van der Waals surface area contributed by atoms with Gasteiger partial charge in [-0.2, -0.15) is 0 Å². The fourth-order valence-corrected chi connectivity index (χ4v) is 1.37. The number of ether oxygens (including phenoxy) is 1. The third kappa shape index (κ3) is 2.66. The van der Waals surface area contributed by atoms with Crippen molar-refractivity contribution < 1.29 is 9.53 Å². The molecule has 2 heteroatoms. The van der Waals surface area contributed by atoms with Crippen molar-refractivity contribution in [2.24, 2.45) is 0 Å². The molecule has 0 N–H and O–H groups in total. The van der Waals surface area contributed by atoms with Crippen LogP contribution in [0.4, 0.5) is 0 Å². The molecule has 0 aliphatic carbocycles. The molecule has 0 heterocycles. The van der Waals surface area contributed by atoms with Crippen LogP contribution in [0.1, 0.15) is 36.7 Å². The highest BCUT2D eigenvalue weighted by atomic mass is 16.5. The number of Topliss-reactive ketones (excluding diaryl/α,β-unsaturated/α-hetero) is 1. The SMILES string of the molecule is CCc1cccc(C(=O)C(C)(C)OC)c1. The maximum absolute atomic E-state index is 12.0. The molecule has 2 nitrogen and oxygen atoms in total. The van der Waals surface area contributed by atoms with E-state index in [1.807, 2.05) is 24.3 Å². The smallest absolute Gasteiger partial charge is 0.194 e. The fraction of sp³-hybridized carbons (Fsp3) is 0.462. The van der Waals surface area contributed by atoms with Gasteiger partial charge in [0.05, 0.1) is 0 Å². The number of carbonyl (C=O) groups excluding carboxylic acids is 1. The van der Waals surface area contributed by atoms with E-state index in [4.69, 9.17) is 4.74 Å². The molecule has 15 heavy (non-hydrogen) atoms. The molecule has 0 fully saturated rings. The van der Waals surface area contributed by atoms with Gasteiger partial charge in [-0.3, -0.25) is 4.79 Å². The summed E-state index contributed by atoms with van der Waals surface area (Å²) in [5.41, 5.74) is 1.15. The van der Waals surface area contributed by atoms with Crippen molar-refractivity contribution in [1.29, 1.82) is 0 Å². The van der Waals surface area contributed by atoms with E-state index in [1.54, 1.807) is 21.0 Å². The zero-order chi connectivity index (χ0) is 11.5. The van der Waals surface area contributed by atoms with Crippen molar-refractivity contribution in [1.82, 2.24) is 0 Å². The second kappa shape index (κ2) is 4.58. The molecule has 0 atom stereocenters. The van der Waals surface area contributed by atoms with E-state index in [0.717, 1.165) is 12.0 Å². The minimum absolute atomic E-state index is 0.0281. The van der Waals surface area contributed by atoms with Crippen molar-refractivity contribution >= 4 is 5.78 Å². The predicted octanol–water partition coefficient (Wildman–Crippen LogP) is 2.86. The first-order chi connectivity index (χ1) is 7.01. The molecule has 0 aliphatic heterocycles. The van der Waals surface area contributed by atoms with Crippen molar-refractivity contribution in [3.63, 3.8) is 0 Å². The molecular weight excluding hydrogens is 188 g/mol. The van der Waals surface area contributed by atoms with Crippen LogP contribution in [0.5, 0.6) is 0 Å². The van der Waals surface area contributed by atoms with Crippen LogP contribution in [-0.2, 0) is 11.2 Å². The minimum atomic E-state index is -0.744. The minimum Gasteiger partial charge on any atom is -0.371 e. The molecule has 0 unspecified atom stereocenters. The summed E-state index contributed by atoms with van der Waals surface area (Å²) in [5.74, 6) is 0.0281. The van der Waals surface area contributed by atoms with Crippen LogP contribution in [0.25, 0.3) is 0 Å². The van der Waals surface area contributed by atoms with Gasteiger partial charge in [-0.05, 0) is 31.9 Å². The van der Waals surface area contributed by atoms with Crippen LogP contribution in [0.15, 0.2) is 24.3 Å². The third-order valence-electron chi connectivity index (χ3n) is 2.65. The van der Waals surface area contributed by atoms with Crippen LogP contribution < -0.4 is 0 Å². The lowest BCUT2D eigenvalue weighted by atomic mass is 9.95. The molecule has 0 bridgehead atoms. The van der Waals surface area contributed by atoms with Crippen LogP contribution in [0.3, 0.4) is 0 Å². The molecule has 1 aromatic rings. The van der Waals surface area contributed by atoms with E-state index < -0.39 is 5.60 Å². The van der Waals surface area contributed by atoms with Crippen LogP contribution in [0, 0.1) is 0 Å².